The van der Waals surface area contributed by atoms with Crippen molar-refractivity contribution in [3.8, 4) is 16.9 Å². The number of benzene rings is 2. The Kier molecular flexibility index (Phi) is 3.97. The summed E-state index contributed by atoms with van der Waals surface area (Å²) in [5.41, 5.74) is 3.19. The van der Waals surface area contributed by atoms with E-state index in [1.807, 2.05) is 18.2 Å². The van der Waals surface area contributed by atoms with Gasteiger partial charge < -0.3 is 9.15 Å². The van der Waals surface area contributed by atoms with Crippen LogP contribution < -0.4 is 4.74 Å². The number of fused-ring (bicyclic) bond motifs is 7. The minimum atomic E-state index is -0.415. The van der Waals surface area contributed by atoms with Crippen LogP contribution in [0.15, 0.2) is 47.1 Å². The van der Waals surface area contributed by atoms with E-state index >= 15 is 0 Å². The zero-order valence-corrected chi connectivity index (χ0v) is 15.6. The van der Waals surface area contributed by atoms with Crippen molar-refractivity contribution < 1.29 is 13.5 Å². The molecule has 1 aliphatic carbocycles. The smallest absolute Gasteiger partial charge is 0.200 e. The maximum absolute atomic E-state index is 14.5. The van der Waals surface area contributed by atoms with Gasteiger partial charge in [0.1, 0.15) is 18.6 Å². The summed E-state index contributed by atoms with van der Waals surface area (Å²) >= 11 is 6.49. The third-order valence-electron chi connectivity index (χ3n) is 5.76. The molecule has 1 fully saturated rings. The van der Waals surface area contributed by atoms with Crippen molar-refractivity contribution in [2.24, 2.45) is 0 Å². The van der Waals surface area contributed by atoms with E-state index in [2.05, 4.69) is 6.07 Å². The third-order valence-corrected chi connectivity index (χ3v) is 6.09. The van der Waals surface area contributed by atoms with E-state index in [0.717, 1.165) is 36.3 Å². The molecular formula is C22H19ClFNO2. The summed E-state index contributed by atoms with van der Waals surface area (Å²) in [5.74, 6) is 0.545. The number of para-hydroxylation sites is 1. The van der Waals surface area contributed by atoms with Gasteiger partial charge in [-0.05, 0) is 43.0 Å². The first-order valence-electron chi connectivity index (χ1n) is 9.30. The Morgan fingerprint density at radius 2 is 1.93 bits per heavy atom. The Morgan fingerprint density at radius 3 is 2.78 bits per heavy atom. The van der Waals surface area contributed by atoms with E-state index in [9.17, 15) is 4.39 Å². The topological polar surface area (TPSA) is 35.3 Å². The minimum Gasteiger partial charge on any atom is -0.483 e. The largest absolute Gasteiger partial charge is 0.483 e. The first kappa shape index (κ1) is 16.8. The van der Waals surface area contributed by atoms with Crippen molar-refractivity contribution >= 4 is 11.6 Å². The summed E-state index contributed by atoms with van der Waals surface area (Å²) in [7, 11) is 0. The van der Waals surface area contributed by atoms with Crippen LogP contribution in [0.2, 0.25) is 5.02 Å². The molecule has 1 spiro atoms. The first-order chi connectivity index (χ1) is 13.1. The zero-order chi connectivity index (χ0) is 18.4. The summed E-state index contributed by atoms with van der Waals surface area (Å²) in [6, 6.07) is 10.9. The zero-order valence-electron chi connectivity index (χ0n) is 14.8. The van der Waals surface area contributed by atoms with E-state index in [4.69, 9.17) is 25.7 Å². The maximum atomic E-state index is 14.5. The summed E-state index contributed by atoms with van der Waals surface area (Å²) in [4.78, 5) is 4.70. The maximum Gasteiger partial charge on any atom is 0.200 e. The molecule has 5 heteroatoms. The van der Waals surface area contributed by atoms with E-state index in [1.54, 1.807) is 12.3 Å². The number of aromatic nitrogens is 1. The van der Waals surface area contributed by atoms with Crippen molar-refractivity contribution in [3.63, 3.8) is 0 Å². The molecule has 0 radical (unpaired) electrons. The van der Waals surface area contributed by atoms with Crippen molar-refractivity contribution in [2.45, 2.75) is 44.1 Å². The Labute approximate surface area is 162 Å². The molecule has 0 N–H and O–H groups in total. The second kappa shape index (κ2) is 6.38. The number of hydrogen-bond acceptors (Lipinski definition) is 3. The van der Waals surface area contributed by atoms with Crippen molar-refractivity contribution in [3.05, 3.63) is 70.6 Å². The quantitative estimate of drug-likeness (QED) is 0.471. The monoisotopic (exact) mass is 383 g/mol. The summed E-state index contributed by atoms with van der Waals surface area (Å²) in [6.45, 7) is 0.158. The second-order valence-electron chi connectivity index (χ2n) is 7.53. The van der Waals surface area contributed by atoms with Crippen LogP contribution in [0.25, 0.3) is 11.1 Å². The van der Waals surface area contributed by atoms with Crippen LogP contribution in [-0.2, 0) is 18.4 Å². The van der Waals surface area contributed by atoms with Crippen molar-refractivity contribution in [2.75, 3.05) is 0 Å². The van der Waals surface area contributed by atoms with Gasteiger partial charge in [-0.25, -0.2) is 9.37 Å². The fourth-order valence-electron chi connectivity index (χ4n) is 4.43. The van der Waals surface area contributed by atoms with Gasteiger partial charge in [-0.1, -0.05) is 42.6 Å². The lowest BCUT2D eigenvalue weighted by molar-refractivity contribution is 0.287. The predicted octanol–water partition coefficient (Wildman–Crippen LogP) is 6.08. The van der Waals surface area contributed by atoms with Crippen LogP contribution in [0.3, 0.4) is 0 Å². The van der Waals surface area contributed by atoms with Gasteiger partial charge in [-0.15, -0.1) is 0 Å². The fourth-order valence-corrected chi connectivity index (χ4v) is 4.65. The molecule has 0 amide bonds. The van der Waals surface area contributed by atoms with E-state index in [-0.39, 0.29) is 17.8 Å². The second-order valence-corrected chi connectivity index (χ2v) is 7.93. The van der Waals surface area contributed by atoms with Gasteiger partial charge in [0, 0.05) is 16.1 Å². The normalized spacial score (nSPS) is 17.7. The third kappa shape index (κ3) is 2.83. The minimum absolute atomic E-state index is 0.0900. The Bertz CT molecular complexity index is 1010. The summed E-state index contributed by atoms with van der Waals surface area (Å²) in [6.07, 6.45) is 6.92. The Hall–Kier alpha value is -2.33. The Balaban J connectivity index is 1.72. The molecule has 2 aliphatic rings. The molecule has 0 atom stereocenters. The lowest BCUT2D eigenvalue weighted by Crippen LogP contribution is -2.26. The molecule has 0 unspecified atom stereocenters. The number of rotatable bonds is 0. The predicted molar refractivity (Wildman–Crippen MR) is 102 cm³/mol. The average Bonchev–Trinajstić information content (AvgIpc) is 3.32. The van der Waals surface area contributed by atoms with Crippen LogP contribution >= 0.6 is 11.6 Å². The number of ether oxygens (including phenoxy) is 1. The highest BCUT2D eigenvalue weighted by atomic mass is 35.5. The van der Waals surface area contributed by atoms with E-state index < -0.39 is 5.82 Å². The van der Waals surface area contributed by atoms with E-state index in [0.29, 0.717) is 16.3 Å². The Morgan fingerprint density at radius 1 is 1.07 bits per heavy atom. The SMILES string of the molecule is Fc1cccc2c1OCc1coc(n1)C1(CCCC1)Cc1ccc(Cl)c-2c1. The molecule has 3 nitrogen and oxygen atoms in total. The molecule has 1 aliphatic heterocycles. The summed E-state index contributed by atoms with van der Waals surface area (Å²) in [5, 5.41) is 0.586. The number of hydrogen-bond donors (Lipinski definition) is 0. The van der Waals surface area contributed by atoms with Crippen LogP contribution in [-0.4, -0.2) is 4.98 Å². The molecule has 138 valence electrons. The number of oxazole rings is 1. The molecule has 1 aromatic heterocycles. The van der Waals surface area contributed by atoms with Gasteiger partial charge >= 0.3 is 0 Å². The molecule has 4 bridgehead atoms. The lowest BCUT2D eigenvalue weighted by atomic mass is 9.79. The molecule has 5 rings (SSSR count). The summed E-state index contributed by atoms with van der Waals surface area (Å²) < 4.78 is 26.2. The van der Waals surface area contributed by atoms with E-state index in [1.165, 1.54) is 18.9 Å². The number of halogens is 2. The van der Waals surface area contributed by atoms with Gasteiger partial charge in [0.25, 0.3) is 0 Å². The standard InChI is InChI=1S/C22H19ClFNO2/c23-18-7-6-14-10-17(18)16-4-3-5-19(24)20(16)26-12-15-13-27-21(25-15)22(11-14)8-1-2-9-22/h3-7,10,13H,1-2,8-9,11-12H2. The van der Waals surface area contributed by atoms with Gasteiger partial charge in [0.2, 0.25) is 5.89 Å². The molecule has 2 aromatic carbocycles. The molecular weight excluding hydrogens is 365 g/mol. The van der Waals surface area contributed by atoms with Crippen molar-refractivity contribution in [1.82, 2.24) is 4.98 Å². The molecule has 3 aromatic rings. The van der Waals surface area contributed by atoms with Crippen LogP contribution in [0.1, 0.15) is 42.8 Å². The number of nitrogens with zero attached hydrogens (tertiary/aromatic N) is 1. The van der Waals surface area contributed by atoms with Crippen LogP contribution in [0.4, 0.5) is 4.39 Å². The molecule has 27 heavy (non-hydrogen) atoms. The first-order valence-corrected chi connectivity index (χ1v) is 9.67. The van der Waals surface area contributed by atoms with Gasteiger partial charge in [-0.2, -0.15) is 0 Å². The molecule has 0 saturated heterocycles. The average molecular weight is 384 g/mol. The highest BCUT2D eigenvalue weighted by Gasteiger charge is 2.40. The van der Waals surface area contributed by atoms with Gasteiger partial charge in [-0.3, -0.25) is 0 Å². The van der Waals surface area contributed by atoms with Gasteiger partial charge in [0.15, 0.2) is 11.6 Å². The fraction of sp³-hybridized carbons (Fsp3) is 0.318. The van der Waals surface area contributed by atoms with Crippen LogP contribution in [0, 0.1) is 5.82 Å². The highest BCUT2D eigenvalue weighted by Crippen LogP contribution is 2.45. The lowest BCUT2D eigenvalue weighted by Gasteiger charge is -2.26. The van der Waals surface area contributed by atoms with Gasteiger partial charge in [0.05, 0.1) is 5.41 Å². The highest BCUT2D eigenvalue weighted by molar-refractivity contribution is 6.33. The van der Waals surface area contributed by atoms with Crippen LogP contribution in [0.5, 0.6) is 5.75 Å². The molecule has 1 saturated carbocycles. The molecule has 2 heterocycles. The van der Waals surface area contributed by atoms with Crippen molar-refractivity contribution in [1.29, 1.82) is 0 Å².